The fourth-order valence-corrected chi connectivity index (χ4v) is 7.49. The van der Waals surface area contributed by atoms with Gasteiger partial charge in [0.05, 0.1) is 22.6 Å². The molecule has 16 heteroatoms. The maximum absolute atomic E-state index is 15.0. The molecule has 3 N–H and O–H groups in total. The summed E-state index contributed by atoms with van der Waals surface area (Å²) in [7, 11) is -2.33. The van der Waals surface area contributed by atoms with Crippen LogP contribution in [0.25, 0.3) is 16.6 Å². The molecule has 2 aromatic heterocycles. The second kappa shape index (κ2) is 16.3. The molecule has 0 atom stereocenters. The van der Waals surface area contributed by atoms with Gasteiger partial charge in [-0.1, -0.05) is 12.5 Å². The number of rotatable bonds is 15. The molecule has 2 heterocycles. The number of sulfonamides is 1. The number of unbranched alkanes of at least 4 members (excludes halogenated alkanes) is 3. The molecule has 1 aliphatic rings. The summed E-state index contributed by atoms with van der Waals surface area (Å²) in [5.41, 5.74) is -0.887. The predicted molar refractivity (Wildman–Crippen MR) is 206 cm³/mol. The second-order valence-corrected chi connectivity index (χ2v) is 15.7. The minimum atomic E-state index is -3.80. The van der Waals surface area contributed by atoms with Gasteiger partial charge in [0.15, 0.2) is 0 Å². The zero-order chi connectivity index (χ0) is 37.7. The molecule has 2 aromatic carbocycles. The molecule has 1 aliphatic carbocycles. The van der Waals surface area contributed by atoms with Crippen LogP contribution in [-0.4, -0.2) is 39.7 Å². The third kappa shape index (κ3) is 8.81. The average molecular weight is 845 g/mol. The summed E-state index contributed by atoms with van der Waals surface area (Å²) in [6, 6.07) is 10.6. The van der Waals surface area contributed by atoms with E-state index in [1.54, 1.807) is 30.3 Å². The molecule has 0 bridgehead atoms. The highest BCUT2D eigenvalue weighted by Gasteiger charge is 2.31. The number of benzene rings is 2. The van der Waals surface area contributed by atoms with Gasteiger partial charge in [0.2, 0.25) is 21.8 Å². The van der Waals surface area contributed by atoms with E-state index in [-0.39, 0.29) is 70.6 Å². The number of fused-ring (bicyclic) bond motifs is 1. The van der Waals surface area contributed by atoms with Crippen LogP contribution in [0.1, 0.15) is 69.4 Å². The standard InChI is InChI=1S/C36H38FIN6O7S/c1-4-5-7-14-30(46)41-52(50,51)19-9-6-8-13-29(45)39-24-11-10-12-26(21-24)43-32-22(2)34(47)42(3)33(40-28-18-15-23(38)20-27(28)37)31(32)35(48)44(36(43)49)25-16-17-25/h1,10-12,15,18,20-21,25,40H,5-9,13-14,16-17,19H2,2-3H3,(H,39,45)(H,41,46). The van der Waals surface area contributed by atoms with Crippen LogP contribution >= 0.6 is 22.6 Å². The van der Waals surface area contributed by atoms with Gasteiger partial charge in [-0.15, -0.1) is 12.3 Å². The smallest absolute Gasteiger partial charge is 0.336 e. The predicted octanol–water partition coefficient (Wildman–Crippen LogP) is 4.73. The van der Waals surface area contributed by atoms with E-state index in [0.717, 1.165) is 4.57 Å². The van der Waals surface area contributed by atoms with Crippen LogP contribution in [0.5, 0.6) is 0 Å². The van der Waals surface area contributed by atoms with Gasteiger partial charge < -0.3 is 10.6 Å². The molecule has 52 heavy (non-hydrogen) atoms. The molecule has 0 aliphatic heterocycles. The molecule has 4 aromatic rings. The maximum atomic E-state index is 15.0. The first-order chi connectivity index (χ1) is 24.7. The van der Waals surface area contributed by atoms with Crippen molar-refractivity contribution in [3.05, 3.63) is 88.6 Å². The van der Waals surface area contributed by atoms with E-state index < -0.39 is 38.6 Å². The van der Waals surface area contributed by atoms with E-state index in [1.807, 2.05) is 27.3 Å². The summed E-state index contributed by atoms with van der Waals surface area (Å²) in [5, 5.41) is 5.76. The molecular weight excluding hydrogens is 806 g/mol. The van der Waals surface area contributed by atoms with E-state index >= 15 is 4.39 Å². The first kappa shape index (κ1) is 38.5. The van der Waals surface area contributed by atoms with Gasteiger partial charge in [-0.25, -0.2) is 17.6 Å². The SMILES string of the molecule is C#CCCCC(=O)NS(=O)(=O)CCCCCC(=O)Nc1cccc(-n2c(=O)n(C3CC3)c(=O)c3c(Nc4ccc(I)cc4F)n(C)c(=O)c(C)c32)c1. The Morgan fingerprint density at radius 2 is 1.73 bits per heavy atom. The summed E-state index contributed by atoms with van der Waals surface area (Å²) in [6.45, 7) is 1.52. The second-order valence-electron chi connectivity index (χ2n) is 12.6. The molecule has 0 radical (unpaired) electrons. The Hall–Kier alpha value is -4.76. The Morgan fingerprint density at radius 3 is 2.42 bits per heavy atom. The number of nitrogens with one attached hydrogen (secondary N) is 3. The lowest BCUT2D eigenvalue weighted by Crippen LogP contribution is -2.41. The minimum absolute atomic E-state index is 0.0193. The third-order valence-electron chi connectivity index (χ3n) is 8.64. The van der Waals surface area contributed by atoms with Crippen LogP contribution in [0.2, 0.25) is 0 Å². The number of anilines is 3. The normalized spacial score (nSPS) is 12.8. The lowest BCUT2D eigenvalue weighted by Gasteiger charge is -2.21. The maximum Gasteiger partial charge on any atom is 0.336 e. The number of carbonyl (C=O) groups is 2. The van der Waals surface area contributed by atoms with Gasteiger partial charge in [0, 0.05) is 47.2 Å². The Balaban J connectivity index is 1.39. The topological polar surface area (TPSA) is 170 Å². The molecule has 1 fully saturated rings. The van der Waals surface area contributed by atoms with E-state index in [0.29, 0.717) is 47.8 Å². The molecule has 2 amide bonds. The lowest BCUT2D eigenvalue weighted by molar-refractivity contribution is -0.119. The number of terminal acetylenes is 1. The highest BCUT2D eigenvalue weighted by atomic mass is 127. The first-order valence-corrected chi connectivity index (χ1v) is 19.5. The minimum Gasteiger partial charge on any atom is -0.338 e. The Kier molecular flexibility index (Phi) is 12.0. The molecule has 13 nitrogen and oxygen atoms in total. The zero-order valence-electron chi connectivity index (χ0n) is 28.6. The highest BCUT2D eigenvalue weighted by Crippen LogP contribution is 2.34. The fourth-order valence-electron chi connectivity index (χ4n) is 5.90. The van der Waals surface area contributed by atoms with Gasteiger partial charge in [-0.2, -0.15) is 0 Å². The zero-order valence-corrected chi connectivity index (χ0v) is 31.6. The summed E-state index contributed by atoms with van der Waals surface area (Å²) < 4.78 is 45.8. The van der Waals surface area contributed by atoms with Crippen LogP contribution in [0, 0.1) is 28.7 Å². The van der Waals surface area contributed by atoms with Crippen molar-refractivity contribution in [2.75, 3.05) is 16.4 Å². The Labute approximate surface area is 312 Å². The van der Waals surface area contributed by atoms with E-state index in [1.165, 1.54) is 35.2 Å². The van der Waals surface area contributed by atoms with E-state index in [9.17, 15) is 32.4 Å². The van der Waals surface area contributed by atoms with Crippen LogP contribution < -0.4 is 32.2 Å². The fraction of sp³-hybridized carbons (Fsp3) is 0.361. The molecule has 0 spiro atoms. The average Bonchev–Trinajstić information content (AvgIpc) is 3.92. The highest BCUT2D eigenvalue weighted by molar-refractivity contribution is 14.1. The van der Waals surface area contributed by atoms with Crippen LogP contribution in [-0.2, 0) is 26.7 Å². The van der Waals surface area contributed by atoms with Crippen molar-refractivity contribution in [3.8, 4) is 18.0 Å². The quantitative estimate of drug-likeness (QED) is 0.0877. The molecule has 274 valence electrons. The summed E-state index contributed by atoms with van der Waals surface area (Å²) in [6.07, 6.45) is 8.29. The van der Waals surface area contributed by atoms with E-state index in [2.05, 4.69) is 16.6 Å². The number of hydrogen-bond donors (Lipinski definition) is 3. The van der Waals surface area contributed by atoms with Gasteiger partial charge in [-0.05, 0) is 98.0 Å². The lowest BCUT2D eigenvalue weighted by atomic mass is 10.1. The Morgan fingerprint density at radius 1 is 1.00 bits per heavy atom. The van der Waals surface area contributed by atoms with Crippen molar-refractivity contribution >= 4 is 72.5 Å². The van der Waals surface area contributed by atoms with Crippen molar-refractivity contribution < 1.29 is 22.4 Å². The molecular formula is C36H38FIN6O7S. The number of pyridine rings is 1. The number of aromatic nitrogens is 3. The molecule has 1 saturated carbocycles. The van der Waals surface area contributed by atoms with Crippen LogP contribution in [0.3, 0.4) is 0 Å². The van der Waals surface area contributed by atoms with Gasteiger partial charge in [0.1, 0.15) is 17.0 Å². The van der Waals surface area contributed by atoms with Crippen molar-refractivity contribution in [1.82, 2.24) is 18.4 Å². The molecule has 5 rings (SSSR count). The molecule has 0 saturated heterocycles. The van der Waals surface area contributed by atoms with Crippen LogP contribution in [0.15, 0.2) is 56.8 Å². The number of hydrogen-bond acceptors (Lipinski definition) is 8. The Bertz CT molecular complexity index is 2390. The molecule has 0 unspecified atom stereocenters. The first-order valence-electron chi connectivity index (χ1n) is 16.7. The number of nitrogens with zero attached hydrogens (tertiary/aromatic N) is 3. The van der Waals surface area contributed by atoms with Gasteiger partial charge >= 0.3 is 5.69 Å². The summed E-state index contributed by atoms with van der Waals surface area (Å²) in [5.74, 6) is 0.614. The van der Waals surface area contributed by atoms with E-state index in [4.69, 9.17) is 6.42 Å². The largest absolute Gasteiger partial charge is 0.338 e. The van der Waals surface area contributed by atoms with Crippen LogP contribution in [0.4, 0.5) is 21.6 Å². The van der Waals surface area contributed by atoms with Gasteiger partial charge in [-0.3, -0.25) is 37.6 Å². The number of amides is 2. The van der Waals surface area contributed by atoms with Crippen molar-refractivity contribution in [2.24, 2.45) is 7.05 Å². The number of carbonyl (C=O) groups excluding carboxylic acids is 2. The van der Waals surface area contributed by atoms with Crippen molar-refractivity contribution in [2.45, 2.75) is 70.8 Å². The third-order valence-corrected chi connectivity index (χ3v) is 10.7. The summed E-state index contributed by atoms with van der Waals surface area (Å²) >= 11 is 1.97. The summed E-state index contributed by atoms with van der Waals surface area (Å²) in [4.78, 5) is 66.4. The van der Waals surface area contributed by atoms with Crippen molar-refractivity contribution in [3.63, 3.8) is 0 Å². The van der Waals surface area contributed by atoms with Gasteiger partial charge in [0.25, 0.3) is 11.1 Å². The monoisotopic (exact) mass is 844 g/mol. The van der Waals surface area contributed by atoms with Crippen molar-refractivity contribution in [1.29, 1.82) is 0 Å². The number of aryl methyl sites for hydroxylation is 1. The number of halogens is 2.